The molecule has 0 saturated heterocycles. The van der Waals surface area contributed by atoms with Crippen LogP contribution in [0.3, 0.4) is 0 Å². The van der Waals surface area contributed by atoms with Crippen molar-refractivity contribution in [2.45, 2.75) is 19.4 Å². The van der Waals surface area contributed by atoms with Crippen LogP contribution in [-0.4, -0.2) is 18.0 Å². The predicted molar refractivity (Wildman–Crippen MR) is 85.5 cm³/mol. The predicted octanol–water partition coefficient (Wildman–Crippen LogP) is 4.54. The lowest BCUT2D eigenvalue weighted by Crippen LogP contribution is -2.31. The normalized spacial score (nSPS) is 17.6. The van der Waals surface area contributed by atoms with Crippen LogP contribution < -0.4 is 0 Å². The first kappa shape index (κ1) is 13.1. The summed E-state index contributed by atoms with van der Waals surface area (Å²) in [7, 11) is 0. The average molecular weight is 263 g/mol. The van der Waals surface area contributed by atoms with Gasteiger partial charge in [-0.15, -0.1) is 0 Å². The molecule has 1 unspecified atom stereocenters. The van der Waals surface area contributed by atoms with Gasteiger partial charge in [-0.2, -0.15) is 0 Å². The molecule has 3 rings (SSSR count). The molecule has 1 atom stereocenters. The van der Waals surface area contributed by atoms with Crippen LogP contribution in [0, 0.1) is 0 Å². The van der Waals surface area contributed by atoms with E-state index in [1.54, 1.807) is 0 Å². The maximum atomic E-state index is 2.54. The fourth-order valence-corrected chi connectivity index (χ4v) is 2.89. The van der Waals surface area contributed by atoms with Crippen LogP contribution in [-0.2, 0) is 0 Å². The summed E-state index contributed by atoms with van der Waals surface area (Å²) >= 11 is 0. The highest BCUT2D eigenvalue weighted by atomic mass is 15.1. The van der Waals surface area contributed by atoms with E-state index in [9.17, 15) is 0 Å². The van der Waals surface area contributed by atoms with E-state index in [1.165, 1.54) is 16.7 Å². The minimum atomic E-state index is 0.491. The average Bonchev–Trinajstić information content (AvgIpc) is 2.56. The number of benzene rings is 2. The highest BCUT2D eigenvalue weighted by molar-refractivity contribution is 5.66. The van der Waals surface area contributed by atoms with Crippen molar-refractivity contribution in [2.75, 3.05) is 13.1 Å². The largest absolute Gasteiger partial charge is 0.293 e. The summed E-state index contributed by atoms with van der Waals surface area (Å²) in [4.78, 5) is 2.54. The first-order chi connectivity index (χ1) is 9.84. The number of rotatable bonds is 3. The Balaban J connectivity index is 1.71. The third-order valence-corrected chi connectivity index (χ3v) is 4.21. The lowest BCUT2D eigenvalue weighted by Gasteiger charge is -2.32. The summed E-state index contributed by atoms with van der Waals surface area (Å²) in [5.74, 6) is 0. The Kier molecular flexibility index (Phi) is 3.98. The van der Waals surface area contributed by atoms with E-state index in [0.717, 1.165) is 19.5 Å². The lowest BCUT2D eigenvalue weighted by molar-refractivity contribution is 0.233. The number of hydrogen-bond donors (Lipinski definition) is 0. The molecule has 2 aromatic rings. The van der Waals surface area contributed by atoms with E-state index in [1.807, 2.05) is 0 Å². The van der Waals surface area contributed by atoms with Crippen molar-refractivity contribution >= 4 is 5.57 Å². The zero-order valence-corrected chi connectivity index (χ0v) is 12.0. The fraction of sp³-hybridized carbons (Fsp3) is 0.263. The van der Waals surface area contributed by atoms with Crippen molar-refractivity contribution in [2.24, 2.45) is 0 Å². The molecule has 0 N–H and O–H groups in total. The summed E-state index contributed by atoms with van der Waals surface area (Å²) in [5, 5.41) is 0. The highest BCUT2D eigenvalue weighted by Crippen LogP contribution is 2.27. The third-order valence-electron chi connectivity index (χ3n) is 4.21. The third kappa shape index (κ3) is 2.83. The molecule has 0 fully saturated rings. The molecule has 2 aromatic carbocycles. The molecule has 0 radical (unpaired) electrons. The Hall–Kier alpha value is -1.86. The molecule has 0 aliphatic carbocycles. The fourth-order valence-electron chi connectivity index (χ4n) is 2.89. The van der Waals surface area contributed by atoms with Crippen LogP contribution in [0.5, 0.6) is 0 Å². The van der Waals surface area contributed by atoms with Gasteiger partial charge < -0.3 is 0 Å². The molecule has 1 nitrogen and oxygen atoms in total. The standard InChI is InChI=1S/C19H21N/c1-16(17-8-4-2-5-9-17)20-14-12-19(13-15-20)18-10-6-3-7-11-18/h2-12,16H,13-15H2,1H3. The molecule has 0 spiro atoms. The smallest absolute Gasteiger partial charge is 0.0323 e. The lowest BCUT2D eigenvalue weighted by atomic mass is 9.97. The van der Waals surface area contributed by atoms with Crippen molar-refractivity contribution in [3.05, 3.63) is 77.9 Å². The molecule has 0 aromatic heterocycles. The van der Waals surface area contributed by atoms with Crippen molar-refractivity contribution < 1.29 is 0 Å². The van der Waals surface area contributed by atoms with Gasteiger partial charge in [0.2, 0.25) is 0 Å². The molecule has 1 heterocycles. The van der Waals surface area contributed by atoms with Crippen LogP contribution in [0.2, 0.25) is 0 Å². The Labute approximate surface area is 121 Å². The minimum Gasteiger partial charge on any atom is -0.293 e. The van der Waals surface area contributed by atoms with E-state index in [2.05, 4.69) is 78.6 Å². The summed E-state index contributed by atoms with van der Waals surface area (Å²) < 4.78 is 0. The number of nitrogens with zero attached hydrogens (tertiary/aromatic N) is 1. The van der Waals surface area contributed by atoms with Crippen LogP contribution >= 0.6 is 0 Å². The van der Waals surface area contributed by atoms with Gasteiger partial charge in [0.15, 0.2) is 0 Å². The summed E-state index contributed by atoms with van der Waals surface area (Å²) in [6.45, 7) is 4.48. The molecule has 20 heavy (non-hydrogen) atoms. The molecule has 1 aliphatic heterocycles. The monoisotopic (exact) mass is 263 g/mol. The maximum absolute atomic E-state index is 2.54. The summed E-state index contributed by atoms with van der Waals surface area (Å²) in [6, 6.07) is 22.0. The minimum absolute atomic E-state index is 0.491. The summed E-state index contributed by atoms with van der Waals surface area (Å²) in [6.07, 6.45) is 3.53. The van der Waals surface area contributed by atoms with Gasteiger partial charge in [-0.1, -0.05) is 66.7 Å². The quantitative estimate of drug-likeness (QED) is 0.786. The van der Waals surface area contributed by atoms with Gasteiger partial charge in [0.25, 0.3) is 0 Å². The molecule has 1 aliphatic rings. The topological polar surface area (TPSA) is 3.24 Å². The molecular formula is C19H21N. The first-order valence-corrected chi connectivity index (χ1v) is 7.38. The van der Waals surface area contributed by atoms with Gasteiger partial charge in [0, 0.05) is 19.1 Å². The van der Waals surface area contributed by atoms with Gasteiger partial charge in [0.05, 0.1) is 0 Å². The van der Waals surface area contributed by atoms with Crippen LogP contribution in [0.1, 0.15) is 30.5 Å². The molecular weight excluding hydrogens is 242 g/mol. The van der Waals surface area contributed by atoms with Crippen molar-refractivity contribution in [3.8, 4) is 0 Å². The van der Waals surface area contributed by atoms with E-state index >= 15 is 0 Å². The summed E-state index contributed by atoms with van der Waals surface area (Å²) in [5.41, 5.74) is 4.27. The number of hydrogen-bond acceptors (Lipinski definition) is 1. The molecule has 0 bridgehead atoms. The Morgan fingerprint density at radius 2 is 1.55 bits per heavy atom. The van der Waals surface area contributed by atoms with Crippen LogP contribution in [0.4, 0.5) is 0 Å². The molecule has 0 amide bonds. The zero-order chi connectivity index (χ0) is 13.8. The van der Waals surface area contributed by atoms with E-state index < -0.39 is 0 Å². The van der Waals surface area contributed by atoms with Crippen molar-refractivity contribution in [1.29, 1.82) is 0 Å². The Morgan fingerprint density at radius 3 is 2.15 bits per heavy atom. The van der Waals surface area contributed by atoms with Gasteiger partial charge in [-0.25, -0.2) is 0 Å². The van der Waals surface area contributed by atoms with E-state index in [-0.39, 0.29) is 0 Å². The van der Waals surface area contributed by atoms with E-state index in [0.29, 0.717) is 6.04 Å². The molecule has 102 valence electrons. The van der Waals surface area contributed by atoms with Gasteiger partial charge in [-0.3, -0.25) is 4.90 Å². The van der Waals surface area contributed by atoms with E-state index in [4.69, 9.17) is 0 Å². The van der Waals surface area contributed by atoms with Crippen LogP contribution in [0.15, 0.2) is 66.7 Å². The van der Waals surface area contributed by atoms with Crippen molar-refractivity contribution in [1.82, 2.24) is 4.90 Å². The highest BCUT2D eigenvalue weighted by Gasteiger charge is 2.18. The van der Waals surface area contributed by atoms with Gasteiger partial charge in [0.1, 0.15) is 0 Å². The first-order valence-electron chi connectivity index (χ1n) is 7.38. The van der Waals surface area contributed by atoms with Gasteiger partial charge >= 0.3 is 0 Å². The second-order valence-corrected chi connectivity index (χ2v) is 5.43. The SMILES string of the molecule is CC(c1ccccc1)N1CC=C(c2ccccc2)CC1. The molecule has 1 heteroatoms. The van der Waals surface area contributed by atoms with Crippen molar-refractivity contribution in [3.63, 3.8) is 0 Å². The second kappa shape index (κ2) is 6.06. The Morgan fingerprint density at radius 1 is 0.900 bits per heavy atom. The zero-order valence-electron chi connectivity index (χ0n) is 12.0. The molecule has 0 saturated carbocycles. The maximum Gasteiger partial charge on any atom is 0.0323 e. The van der Waals surface area contributed by atoms with Gasteiger partial charge in [-0.05, 0) is 30.0 Å². The van der Waals surface area contributed by atoms with Crippen LogP contribution in [0.25, 0.3) is 5.57 Å². The Bertz CT molecular complexity index is 571. The second-order valence-electron chi connectivity index (χ2n) is 5.43.